The lowest BCUT2D eigenvalue weighted by Crippen LogP contribution is -2.33. The van der Waals surface area contributed by atoms with E-state index in [2.05, 4.69) is 36.6 Å². The lowest BCUT2D eigenvalue weighted by molar-refractivity contribution is -0.142. The second kappa shape index (κ2) is 5.63. The molecule has 0 bridgehead atoms. The van der Waals surface area contributed by atoms with E-state index < -0.39 is 12.0 Å². The van der Waals surface area contributed by atoms with Gasteiger partial charge in [-0.25, -0.2) is 0 Å². The summed E-state index contributed by atoms with van der Waals surface area (Å²) in [6, 6.07) is 5.14. The van der Waals surface area contributed by atoms with Gasteiger partial charge >= 0.3 is 5.97 Å². The first kappa shape index (κ1) is 12.7. The van der Waals surface area contributed by atoms with Crippen molar-refractivity contribution in [3.8, 4) is 0 Å². The lowest BCUT2D eigenvalue weighted by atomic mass is 10.1. The predicted molar refractivity (Wildman–Crippen MR) is 65.5 cm³/mol. The molecule has 0 saturated carbocycles. The number of rotatable bonds is 3. The highest BCUT2D eigenvalue weighted by molar-refractivity contribution is 9.13. The smallest absolute Gasteiger partial charge is 0.322 e. The first-order chi connectivity index (χ1) is 7.04. The molecule has 0 aromatic heterocycles. The van der Waals surface area contributed by atoms with Crippen molar-refractivity contribution in [3.63, 3.8) is 0 Å². The molecule has 1 atom stereocenters. The zero-order valence-electron chi connectivity index (χ0n) is 8.17. The van der Waals surface area contributed by atoms with E-state index in [0.29, 0.717) is 6.42 Å². The molecule has 0 aliphatic heterocycles. The van der Waals surface area contributed by atoms with Gasteiger partial charge in [0.1, 0.15) is 6.04 Å². The minimum absolute atomic E-state index is 0.394. The topological polar surface area (TPSA) is 52.3 Å². The summed E-state index contributed by atoms with van der Waals surface area (Å²) in [5.41, 5.74) is 6.64. The fourth-order valence-electron chi connectivity index (χ4n) is 1.16. The van der Waals surface area contributed by atoms with Crippen LogP contribution in [-0.4, -0.2) is 19.1 Å². The summed E-state index contributed by atoms with van der Waals surface area (Å²) >= 11 is 6.75. The van der Waals surface area contributed by atoms with Gasteiger partial charge in [-0.2, -0.15) is 0 Å². The number of ether oxygens (including phenoxy) is 1. The van der Waals surface area contributed by atoms with Crippen LogP contribution in [-0.2, 0) is 16.0 Å². The normalized spacial score (nSPS) is 12.3. The summed E-state index contributed by atoms with van der Waals surface area (Å²) in [5.74, 6) is -0.394. The third kappa shape index (κ3) is 3.59. The third-order valence-electron chi connectivity index (χ3n) is 1.94. The van der Waals surface area contributed by atoms with E-state index in [1.165, 1.54) is 7.11 Å². The van der Waals surface area contributed by atoms with Crippen LogP contribution in [0.2, 0.25) is 0 Å². The summed E-state index contributed by atoms with van der Waals surface area (Å²) in [4.78, 5) is 11.1. The zero-order valence-corrected chi connectivity index (χ0v) is 11.3. The van der Waals surface area contributed by atoms with Gasteiger partial charge in [0.15, 0.2) is 0 Å². The number of esters is 1. The Balaban J connectivity index is 2.73. The molecule has 0 aliphatic rings. The van der Waals surface area contributed by atoms with Gasteiger partial charge in [-0.1, -0.05) is 6.07 Å². The SMILES string of the molecule is COC(=O)C(N)Cc1ccc(Br)c(Br)c1. The Morgan fingerprint density at radius 3 is 2.67 bits per heavy atom. The van der Waals surface area contributed by atoms with Crippen LogP contribution in [0.5, 0.6) is 0 Å². The average molecular weight is 337 g/mol. The van der Waals surface area contributed by atoms with Gasteiger partial charge < -0.3 is 10.5 Å². The average Bonchev–Trinajstić information content (AvgIpc) is 2.22. The van der Waals surface area contributed by atoms with Crippen LogP contribution in [0, 0.1) is 0 Å². The van der Waals surface area contributed by atoms with E-state index >= 15 is 0 Å². The number of halogens is 2. The standard InChI is InChI=1S/C10H11Br2NO2/c1-15-10(14)9(13)5-6-2-3-7(11)8(12)4-6/h2-4,9H,5,13H2,1H3. The molecule has 1 unspecified atom stereocenters. The van der Waals surface area contributed by atoms with Gasteiger partial charge in [0.05, 0.1) is 7.11 Å². The number of benzene rings is 1. The Hall–Kier alpha value is -0.390. The van der Waals surface area contributed by atoms with Crippen molar-refractivity contribution in [2.75, 3.05) is 7.11 Å². The second-order valence-electron chi connectivity index (χ2n) is 3.08. The van der Waals surface area contributed by atoms with Crippen LogP contribution >= 0.6 is 31.9 Å². The van der Waals surface area contributed by atoms with Crippen LogP contribution in [0.25, 0.3) is 0 Å². The molecule has 2 N–H and O–H groups in total. The van der Waals surface area contributed by atoms with E-state index in [-0.39, 0.29) is 0 Å². The maximum absolute atomic E-state index is 11.1. The molecular weight excluding hydrogens is 326 g/mol. The Morgan fingerprint density at radius 2 is 2.13 bits per heavy atom. The van der Waals surface area contributed by atoms with Crippen LogP contribution in [0.15, 0.2) is 27.1 Å². The number of carbonyl (C=O) groups is 1. The van der Waals surface area contributed by atoms with Crippen molar-refractivity contribution >= 4 is 37.8 Å². The van der Waals surface area contributed by atoms with Crippen LogP contribution < -0.4 is 5.73 Å². The molecular formula is C10H11Br2NO2. The molecule has 1 aromatic rings. The van der Waals surface area contributed by atoms with Crippen molar-refractivity contribution in [1.82, 2.24) is 0 Å². The summed E-state index contributed by atoms with van der Waals surface area (Å²) in [7, 11) is 1.33. The quantitative estimate of drug-likeness (QED) is 0.861. The molecule has 0 radical (unpaired) electrons. The van der Waals surface area contributed by atoms with Crippen LogP contribution in [0.3, 0.4) is 0 Å². The lowest BCUT2D eigenvalue weighted by Gasteiger charge is -2.09. The van der Waals surface area contributed by atoms with E-state index in [0.717, 1.165) is 14.5 Å². The van der Waals surface area contributed by atoms with Crippen molar-refractivity contribution in [2.24, 2.45) is 5.73 Å². The van der Waals surface area contributed by atoms with Crippen molar-refractivity contribution in [2.45, 2.75) is 12.5 Å². The number of hydrogen-bond donors (Lipinski definition) is 1. The van der Waals surface area contributed by atoms with Gasteiger partial charge in [0.25, 0.3) is 0 Å². The van der Waals surface area contributed by atoms with Crippen LogP contribution in [0.1, 0.15) is 5.56 Å². The number of carbonyl (C=O) groups excluding carboxylic acids is 1. The fraction of sp³-hybridized carbons (Fsp3) is 0.300. The Kier molecular flexibility index (Phi) is 4.76. The predicted octanol–water partition coefficient (Wildman–Crippen LogP) is 2.25. The molecule has 5 heteroatoms. The third-order valence-corrected chi connectivity index (χ3v) is 3.82. The summed E-state index contributed by atoms with van der Waals surface area (Å²) in [6.07, 6.45) is 0.471. The van der Waals surface area contributed by atoms with Gasteiger partial charge in [0, 0.05) is 8.95 Å². The maximum Gasteiger partial charge on any atom is 0.322 e. The second-order valence-corrected chi connectivity index (χ2v) is 4.79. The Labute approximate surface area is 105 Å². The molecule has 1 rings (SSSR count). The largest absolute Gasteiger partial charge is 0.468 e. The molecule has 0 amide bonds. The summed E-state index contributed by atoms with van der Waals surface area (Å²) in [6.45, 7) is 0. The molecule has 0 heterocycles. The van der Waals surface area contributed by atoms with Crippen LogP contribution in [0.4, 0.5) is 0 Å². The number of methoxy groups -OCH3 is 1. The minimum atomic E-state index is -0.608. The first-order valence-corrected chi connectivity index (χ1v) is 5.90. The Morgan fingerprint density at radius 1 is 1.47 bits per heavy atom. The summed E-state index contributed by atoms with van der Waals surface area (Å²) < 4.78 is 6.47. The Bertz CT molecular complexity index is 368. The highest BCUT2D eigenvalue weighted by atomic mass is 79.9. The van der Waals surface area contributed by atoms with E-state index in [1.54, 1.807) is 0 Å². The van der Waals surface area contributed by atoms with Crippen molar-refractivity contribution in [3.05, 3.63) is 32.7 Å². The van der Waals surface area contributed by atoms with E-state index in [1.807, 2.05) is 18.2 Å². The van der Waals surface area contributed by atoms with Gasteiger partial charge in [-0.3, -0.25) is 4.79 Å². The van der Waals surface area contributed by atoms with E-state index in [4.69, 9.17) is 5.73 Å². The molecule has 0 aliphatic carbocycles. The fourth-order valence-corrected chi connectivity index (χ4v) is 1.83. The first-order valence-electron chi connectivity index (χ1n) is 4.32. The summed E-state index contributed by atoms with van der Waals surface area (Å²) in [5, 5.41) is 0. The molecule has 0 spiro atoms. The van der Waals surface area contributed by atoms with E-state index in [9.17, 15) is 4.79 Å². The van der Waals surface area contributed by atoms with Gasteiger partial charge in [-0.05, 0) is 56.0 Å². The molecule has 15 heavy (non-hydrogen) atoms. The van der Waals surface area contributed by atoms with Gasteiger partial charge in [0.2, 0.25) is 0 Å². The van der Waals surface area contributed by atoms with Gasteiger partial charge in [-0.15, -0.1) is 0 Å². The molecule has 3 nitrogen and oxygen atoms in total. The highest BCUT2D eigenvalue weighted by Gasteiger charge is 2.14. The molecule has 1 aromatic carbocycles. The minimum Gasteiger partial charge on any atom is -0.468 e. The molecule has 0 fully saturated rings. The number of hydrogen-bond acceptors (Lipinski definition) is 3. The number of nitrogens with two attached hydrogens (primary N) is 1. The van der Waals surface area contributed by atoms with Crippen molar-refractivity contribution in [1.29, 1.82) is 0 Å². The maximum atomic E-state index is 11.1. The highest BCUT2D eigenvalue weighted by Crippen LogP contribution is 2.24. The zero-order chi connectivity index (χ0) is 11.4. The molecule has 82 valence electrons. The monoisotopic (exact) mass is 335 g/mol. The molecule has 0 saturated heterocycles. The van der Waals surface area contributed by atoms with Crippen molar-refractivity contribution < 1.29 is 9.53 Å².